The lowest BCUT2D eigenvalue weighted by molar-refractivity contribution is 0.440. The second-order valence-corrected chi connectivity index (χ2v) is 4.15. The van der Waals surface area contributed by atoms with Crippen LogP contribution in [-0.2, 0) is 0 Å². The number of aryl methyl sites for hydroxylation is 1. The van der Waals surface area contributed by atoms with Gasteiger partial charge in [-0.05, 0) is 37.8 Å². The Morgan fingerprint density at radius 3 is 2.40 bits per heavy atom. The van der Waals surface area contributed by atoms with Gasteiger partial charge < -0.3 is 15.1 Å². The minimum absolute atomic E-state index is 0.181. The van der Waals surface area contributed by atoms with Gasteiger partial charge in [0.25, 0.3) is 0 Å². The van der Waals surface area contributed by atoms with Crippen molar-refractivity contribution in [1.82, 2.24) is 0 Å². The third-order valence-electron chi connectivity index (χ3n) is 3.00. The summed E-state index contributed by atoms with van der Waals surface area (Å²) in [5, 5.41) is 19.7. The molecule has 0 aliphatic carbocycles. The van der Waals surface area contributed by atoms with Gasteiger partial charge in [-0.25, -0.2) is 0 Å². The van der Waals surface area contributed by atoms with Crippen LogP contribution in [0.15, 0.2) is 12.1 Å². The Morgan fingerprint density at radius 1 is 1.07 bits per heavy atom. The molecule has 0 saturated carbocycles. The number of phenols is 2. The van der Waals surface area contributed by atoms with E-state index in [2.05, 4.69) is 4.90 Å². The average molecular weight is 207 g/mol. The molecule has 1 aromatic rings. The topological polar surface area (TPSA) is 43.7 Å². The Hall–Kier alpha value is -1.38. The van der Waals surface area contributed by atoms with Gasteiger partial charge in [-0.1, -0.05) is 6.07 Å². The first-order chi connectivity index (χ1) is 7.20. The molecule has 1 saturated heterocycles. The number of hydrogen-bond donors (Lipinski definition) is 2. The van der Waals surface area contributed by atoms with E-state index in [1.807, 2.05) is 6.92 Å². The van der Waals surface area contributed by atoms with Crippen LogP contribution in [0.1, 0.15) is 24.8 Å². The number of rotatable bonds is 1. The number of benzene rings is 1. The monoisotopic (exact) mass is 207 g/mol. The Balaban J connectivity index is 2.36. The molecule has 0 amide bonds. The summed E-state index contributed by atoms with van der Waals surface area (Å²) in [6.07, 6.45) is 3.50. The van der Waals surface area contributed by atoms with E-state index in [0.717, 1.165) is 31.5 Å². The van der Waals surface area contributed by atoms with Crippen LogP contribution in [0.2, 0.25) is 0 Å². The van der Waals surface area contributed by atoms with Gasteiger partial charge in [0.1, 0.15) is 17.2 Å². The summed E-state index contributed by atoms with van der Waals surface area (Å²) >= 11 is 0. The molecule has 3 heteroatoms. The lowest BCUT2D eigenvalue weighted by Crippen LogP contribution is -2.29. The van der Waals surface area contributed by atoms with Crippen molar-refractivity contribution in [2.45, 2.75) is 26.2 Å². The van der Waals surface area contributed by atoms with Crippen molar-refractivity contribution in [1.29, 1.82) is 0 Å². The van der Waals surface area contributed by atoms with Crippen LogP contribution in [0, 0.1) is 6.92 Å². The third kappa shape index (κ3) is 1.87. The number of aromatic hydroxyl groups is 2. The van der Waals surface area contributed by atoms with Crippen LogP contribution in [0.25, 0.3) is 0 Å². The molecular formula is C12H17NO2. The van der Waals surface area contributed by atoms with Crippen LogP contribution >= 0.6 is 0 Å². The maximum Gasteiger partial charge on any atom is 0.145 e. The third-order valence-corrected chi connectivity index (χ3v) is 3.00. The Labute approximate surface area is 90.0 Å². The Kier molecular flexibility index (Phi) is 2.71. The molecule has 0 atom stereocenters. The number of anilines is 1. The first-order valence-electron chi connectivity index (χ1n) is 5.46. The van der Waals surface area contributed by atoms with E-state index in [9.17, 15) is 10.2 Å². The van der Waals surface area contributed by atoms with Crippen LogP contribution < -0.4 is 4.90 Å². The summed E-state index contributed by atoms with van der Waals surface area (Å²) in [5.41, 5.74) is 1.42. The lowest BCUT2D eigenvalue weighted by atomic mass is 10.1. The molecule has 2 N–H and O–H groups in total. The van der Waals surface area contributed by atoms with Gasteiger partial charge in [-0.15, -0.1) is 0 Å². The molecule has 1 aliphatic heterocycles. The van der Waals surface area contributed by atoms with Gasteiger partial charge >= 0.3 is 0 Å². The first-order valence-corrected chi connectivity index (χ1v) is 5.46. The summed E-state index contributed by atoms with van der Waals surface area (Å²) in [4.78, 5) is 2.07. The second-order valence-electron chi connectivity index (χ2n) is 4.15. The molecule has 0 spiro atoms. The van der Waals surface area contributed by atoms with E-state index in [0.29, 0.717) is 5.69 Å². The molecular weight excluding hydrogens is 190 g/mol. The molecule has 3 nitrogen and oxygen atoms in total. The van der Waals surface area contributed by atoms with Crippen LogP contribution in [0.5, 0.6) is 11.5 Å². The molecule has 0 aromatic heterocycles. The van der Waals surface area contributed by atoms with Gasteiger partial charge in [0.2, 0.25) is 0 Å². The van der Waals surface area contributed by atoms with Crippen LogP contribution in [-0.4, -0.2) is 23.3 Å². The molecule has 1 aliphatic rings. The molecule has 15 heavy (non-hydrogen) atoms. The van der Waals surface area contributed by atoms with Gasteiger partial charge in [-0.2, -0.15) is 0 Å². The highest BCUT2D eigenvalue weighted by atomic mass is 16.3. The number of hydrogen-bond acceptors (Lipinski definition) is 3. The van der Waals surface area contributed by atoms with Crippen LogP contribution in [0.3, 0.4) is 0 Å². The van der Waals surface area contributed by atoms with Crippen molar-refractivity contribution in [3.63, 3.8) is 0 Å². The quantitative estimate of drug-likeness (QED) is 0.743. The fraction of sp³-hybridized carbons (Fsp3) is 0.500. The van der Waals surface area contributed by atoms with Crippen LogP contribution in [0.4, 0.5) is 5.69 Å². The zero-order valence-electron chi connectivity index (χ0n) is 9.03. The molecule has 82 valence electrons. The highest BCUT2D eigenvalue weighted by Gasteiger charge is 2.19. The molecule has 0 radical (unpaired) electrons. The molecule has 0 bridgehead atoms. The van der Waals surface area contributed by atoms with Crippen molar-refractivity contribution in [3.05, 3.63) is 17.7 Å². The maximum absolute atomic E-state index is 9.93. The minimum Gasteiger partial charge on any atom is -0.506 e. The summed E-state index contributed by atoms with van der Waals surface area (Å²) in [5.74, 6) is 0.400. The van der Waals surface area contributed by atoms with Crippen molar-refractivity contribution >= 4 is 5.69 Å². The normalized spacial score (nSPS) is 16.7. The smallest absolute Gasteiger partial charge is 0.145 e. The number of nitrogens with zero attached hydrogens (tertiary/aromatic N) is 1. The Morgan fingerprint density at radius 2 is 1.73 bits per heavy atom. The van der Waals surface area contributed by atoms with E-state index in [-0.39, 0.29) is 11.5 Å². The molecule has 1 fully saturated rings. The average Bonchev–Trinajstić information content (AvgIpc) is 2.26. The largest absolute Gasteiger partial charge is 0.506 e. The minimum atomic E-state index is 0.181. The summed E-state index contributed by atoms with van der Waals surface area (Å²) in [6, 6.07) is 3.39. The van der Waals surface area contributed by atoms with Crippen molar-refractivity contribution in [2.75, 3.05) is 18.0 Å². The predicted octanol–water partition coefficient (Wildman–Crippen LogP) is 2.40. The summed E-state index contributed by atoms with van der Waals surface area (Å²) in [7, 11) is 0. The van der Waals surface area contributed by atoms with Gasteiger partial charge in [0, 0.05) is 13.1 Å². The molecule has 0 unspecified atom stereocenters. The zero-order chi connectivity index (χ0) is 10.8. The predicted molar refractivity (Wildman–Crippen MR) is 60.6 cm³/mol. The second kappa shape index (κ2) is 4.01. The molecule has 2 rings (SSSR count). The first kappa shape index (κ1) is 10.1. The highest BCUT2D eigenvalue weighted by Crippen LogP contribution is 2.39. The maximum atomic E-state index is 9.93. The van der Waals surface area contributed by atoms with Gasteiger partial charge in [-0.3, -0.25) is 0 Å². The van der Waals surface area contributed by atoms with E-state index < -0.39 is 0 Å². The number of phenolic OH excluding ortho intramolecular Hbond substituents is 2. The molecule has 1 aromatic carbocycles. The Bertz CT molecular complexity index is 357. The SMILES string of the molecule is Cc1ccc(O)c(N2CCCCC2)c1O. The fourth-order valence-corrected chi connectivity index (χ4v) is 2.10. The highest BCUT2D eigenvalue weighted by molar-refractivity contribution is 5.69. The summed E-state index contributed by atoms with van der Waals surface area (Å²) in [6.45, 7) is 3.69. The lowest BCUT2D eigenvalue weighted by Gasteiger charge is -2.30. The van der Waals surface area contributed by atoms with Gasteiger partial charge in [0.05, 0.1) is 0 Å². The van der Waals surface area contributed by atoms with Gasteiger partial charge in [0.15, 0.2) is 0 Å². The van der Waals surface area contributed by atoms with E-state index in [4.69, 9.17) is 0 Å². The van der Waals surface area contributed by atoms with E-state index >= 15 is 0 Å². The summed E-state index contributed by atoms with van der Waals surface area (Å²) < 4.78 is 0. The van der Waals surface area contributed by atoms with E-state index in [1.54, 1.807) is 12.1 Å². The fourth-order valence-electron chi connectivity index (χ4n) is 2.10. The number of piperidine rings is 1. The van der Waals surface area contributed by atoms with Crippen molar-refractivity contribution < 1.29 is 10.2 Å². The molecule has 1 heterocycles. The standard InChI is InChI=1S/C12H17NO2/c1-9-5-6-10(14)11(12(9)15)13-7-3-2-4-8-13/h5-6,14-15H,2-4,7-8H2,1H3. The van der Waals surface area contributed by atoms with E-state index in [1.165, 1.54) is 6.42 Å². The van der Waals surface area contributed by atoms with Crippen molar-refractivity contribution in [2.24, 2.45) is 0 Å². The zero-order valence-corrected chi connectivity index (χ0v) is 9.03. The van der Waals surface area contributed by atoms with Crippen molar-refractivity contribution in [3.8, 4) is 11.5 Å².